The molecule has 0 fully saturated rings. The van der Waals surface area contributed by atoms with Crippen LogP contribution in [0.15, 0.2) is 54.9 Å². The van der Waals surface area contributed by atoms with Gasteiger partial charge in [0.2, 0.25) is 0 Å². The molecule has 0 radical (unpaired) electrons. The molecule has 0 aliphatic rings. The van der Waals surface area contributed by atoms with E-state index in [-0.39, 0.29) is 5.41 Å². The molecule has 4 aromatic rings. The van der Waals surface area contributed by atoms with Crippen molar-refractivity contribution in [2.45, 2.75) is 26.2 Å². The fourth-order valence-electron chi connectivity index (χ4n) is 2.93. The predicted molar refractivity (Wildman–Crippen MR) is 99.8 cm³/mol. The van der Waals surface area contributed by atoms with Crippen molar-refractivity contribution in [3.05, 3.63) is 60.4 Å². The molecule has 0 bridgehead atoms. The molecule has 2 aromatic heterocycles. The first-order chi connectivity index (χ1) is 11.5. The van der Waals surface area contributed by atoms with E-state index in [1.54, 1.807) is 6.33 Å². The van der Waals surface area contributed by atoms with Gasteiger partial charge in [-0.15, -0.1) is 0 Å². The van der Waals surface area contributed by atoms with Gasteiger partial charge in [-0.05, 0) is 29.2 Å². The number of nitrogens with zero attached hydrogens (tertiary/aromatic N) is 2. The summed E-state index contributed by atoms with van der Waals surface area (Å²) in [6, 6.07) is 16.7. The van der Waals surface area contributed by atoms with E-state index >= 15 is 0 Å². The van der Waals surface area contributed by atoms with Gasteiger partial charge in [0.1, 0.15) is 17.4 Å². The minimum absolute atomic E-state index is 0.151. The zero-order chi connectivity index (χ0) is 16.7. The van der Waals surface area contributed by atoms with Gasteiger partial charge in [-0.25, -0.2) is 9.97 Å². The van der Waals surface area contributed by atoms with Crippen molar-refractivity contribution in [3.63, 3.8) is 0 Å². The Morgan fingerprint density at radius 2 is 1.67 bits per heavy atom. The number of anilines is 2. The monoisotopic (exact) mass is 316 g/mol. The van der Waals surface area contributed by atoms with E-state index in [9.17, 15) is 0 Å². The van der Waals surface area contributed by atoms with Crippen molar-refractivity contribution in [1.82, 2.24) is 15.0 Å². The van der Waals surface area contributed by atoms with E-state index in [0.717, 1.165) is 33.4 Å². The number of benzene rings is 2. The number of hydrogen-bond donors (Lipinski definition) is 2. The van der Waals surface area contributed by atoms with Crippen molar-refractivity contribution in [3.8, 4) is 0 Å². The number of aromatic nitrogens is 3. The van der Waals surface area contributed by atoms with Crippen LogP contribution in [0, 0.1) is 0 Å². The van der Waals surface area contributed by atoms with Crippen LogP contribution in [-0.4, -0.2) is 15.0 Å². The summed E-state index contributed by atoms with van der Waals surface area (Å²) in [5.41, 5.74) is 5.41. The van der Waals surface area contributed by atoms with E-state index in [1.807, 2.05) is 12.1 Å². The molecule has 0 aliphatic heterocycles. The molecule has 4 nitrogen and oxygen atoms in total. The lowest BCUT2D eigenvalue weighted by atomic mass is 9.87. The Bertz CT molecular complexity index is 1010. The molecule has 0 aliphatic carbocycles. The normalized spacial score (nSPS) is 12.0. The number of fused-ring (bicyclic) bond motifs is 3. The van der Waals surface area contributed by atoms with Gasteiger partial charge in [0, 0.05) is 16.6 Å². The third-order valence-electron chi connectivity index (χ3n) is 4.30. The highest BCUT2D eigenvalue weighted by Gasteiger charge is 2.14. The molecular weight excluding hydrogens is 296 g/mol. The van der Waals surface area contributed by atoms with Crippen LogP contribution in [0.2, 0.25) is 0 Å². The smallest absolute Gasteiger partial charge is 0.158 e. The number of H-pyrrole nitrogens is 1. The molecule has 0 atom stereocenters. The predicted octanol–water partition coefficient (Wildman–Crippen LogP) is 5.15. The topological polar surface area (TPSA) is 53.6 Å². The summed E-state index contributed by atoms with van der Waals surface area (Å²) in [6.45, 7) is 6.65. The summed E-state index contributed by atoms with van der Waals surface area (Å²) in [7, 11) is 0. The zero-order valence-corrected chi connectivity index (χ0v) is 14.1. The molecule has 0 saturated heterocycles. The number of para-hydroxylation sites is 1. The molecule has 0 unspecified atom stereocenters. The largest absolute Gasteiger partial charge is 0.350 e. The summed E-state index contributed by atoms with van der Waals surface area (Å²) in [6.07, 6.45) is 1.61. The first-order valence-corrected chi connectivity index (χ1v) is 8.11. The molecule has 4 rings (SSSR count). The number of hydrogen-bond acceptors (Lipinski definition) is 3. The van der Waals surface area contributed by atoms with Gasteiger partial charge in [-0.3, -0.25) is 0 Å². The van der Waals surface area contributed by atoms with Crippen molar-refractivity contribution in [1.29, 1.82) is 0 Å². The second-order valence-corrected chi connectivity index (χ2v) is 7.07. The lowest BCUT2D eigenvalue weighted by Crippen LogP contribution is -2.10. The summed E-state index contributed by atoms with van der Waals surface area (Å²) in [5.74, 6) is 0.791. The molecule has 2 aromatic carbocycles. The number of rotatable bonds is 2. The van der Waals surface area contributed by atoms with Crippen LogP contribution in [0.25, 0.3) is 21.9 Å². The van der Waals surface area contributed by atoms with Crippen LogP contribution in [0.4, 0.5) is 11.5 Å². The van der Waals surface area contributed by atoms with E-state index in [2.05, 4.69) is 77.4 Å². The van der Waals surface area contributed by atoms with Crippen molar-refractivity contribution >= 4 is 33.4 Å². The maximum absolute atomic E-state index is 4.44. The Morgan fingerprint density at radius 1 is 0.917 bits per heavy atom. The van der Waals surface area contributed by atoms with Gasteiger partial charge in [0.25, 0.3) is 0 Å². The molecule has 0 spiro atoms. The molecular formula is C20H20N4. The fourth-order valence-corrected chi connectivity index (χ4v) is 2.93. The summed E-state index contributed by atoms with van der Waals surface area (Å²) in [4.78, 5) is 12.3. The zero-order valence-electron chi connectivity index (χ0n) is 14.1. The maximum Gasteiger partial charge on any atom is 0.158 e. The van der Waals surface area contributed by atoms with Crippen molar-refractivity contribution in [2.75, 3.05) is 5.32 Å². The Kier molecular flexibility index (Phi) is 3.27. The van der Waals surface area contributed by atoms with Gasteiger partial charge in [-0.1, -0.05) is 51.1 Å². The molecule has 120 valence electrons. The second-order valence-electron chi connectivity index (χ2n) is 7.07. The molecule has 0 amide bonds. The summed E-state index contributed by atoms with van der Waals surface area (Å²) in [5, 5.41) is 4.52. The molecule has 2 N–H and O–H groups in total. The van der Waals surface area contributed by atoms with Gasteiger partial charge in [-0.2, -0.15) is 0 Å². The number of aromatic amines is 1. The Balaban J connectivity index is 1.74. The van der Waals surface area contributed by atoms with Gasteiger partial charge < -0.3 is 10.3 Å². The SMILES string of the molecule is CC(C)(C)c1ccc(Nc2ncnc3c2[nH]c2ccccc23)cc1. The van der Waals surface area contributed by atoms with Crippen LogP contribution < -0.4 is 5.32 Å². The summed E-state index contributed by atoms with van der Waals surface area (Å²) < 4.78 is 0. The highest BCUT2D eigenvalue weighted by molar-refractivity contribution is 6.08. The van der Waals surface area contributed by atoms with E-state index in [0.29, 0.717) is 0 Å². The molecule has 0 saturated carbocycles. The first kappa shape index (κ1) is 14.7. The van der Waals surface area contributed by atoms with Gasteiger partial charge in [0.05, 0.1) is 0 Å². The second kappa shape index (κ2) is 5.34. The molecule has 2 heterocycles. The lowest BCUT2D eigenvalue weighted by Gasteiger charge is -2.19. The quantitative estimate of drug-likeness (QED) is 0.537. The highest BCUT2D eigenvalue weighted by atomic mass is 15.0. The van der Waals surface area contributed by atoms with Crippen LogP contribution in [0.1, 0.15) is 26.3 Å². The Labute approximate surface area is 141 Å². The van der Waals surface area contributed by atoms with Crippen LogP contribution in [-0.2, 0) is 5.41 Å². The minimum atomic E-state index is 0.151. The van der Waals surface area contributed by atoms with Crippen LogP contribution >= 0.6 is 0 Å². The third kappa shape index (κ3) is 2.50. The van der Waals surface area contributed by atoms with Crippen molar-refractivity contribution < 1.29 is 0 Å². The average molecular weight is 316 g/mol. The molecule has 24 heavy (non-hydrogen) atoms. The minimum Gasteiger partial charge on any atom is -0.350 e. The Hall–Kier alpha value is -2.88. The third-order valence-corrected chi connectivity index (χ3v) is 4.30. The van der Waals surface area contributed by atoms with Crippen molar-refractivity contribution in [2.24, 2.45) is 0 Å². The fraction of sp³-hybridized carbons (Fsp3) is 0.200. The average Bonchev–Trinajstić information content (AvgIpc) is 2.94. The van der Waals surface area contributed by atoms with E-state index in [1.165, 1.54) is 5.56 Å². The standard InChI is InChI=1S/C20H20N4/c1-20(2,3)13-8-10-14(11-9-13)23-19-18-17(21-12-22-19)15-6-4-5-7-16(15)24-18/h4-12,24H,1-3H3,(H,21,22,23). The molecule has 4 heteroatoms. The van der Waals surface area contributed by atoms with E-state index in [4.69, 9.17) is 0 Å². The van der Waals surface area contributed by atoms with Gasteiger partial charge in [0.15, 0.2) is 5.82 Å². The Morgan fingerprint density at radius 3 is 2.42 bits per heavy atom. The number of nitrogens with one attached hydrogen (secondary N) is 2. The van der Waals surface area contributed by atoms with E-state index < -0.39 is 0 Å². The van der Waals surface area contributed by atoms with Crippen LogP contribution in [0.5, 0.6) is 0 Å². The summed E-state index contributed by atoms with van der Waals surface area (Å²) >= 11 is 0. The van der Waals surface area contributed by atoms with Gasteiger partial charge >= 0.3 is 0 Å². The first-order valence-electron chi connectivity index (χ1n) is 8.11. The lowest BCUT2D eigenvalue weighted by molar-refractivity contribution is 0.590. The highest BCUT2D eigenvalue weighted by Crippen LogP contribution is 2.29. The van der Waals surface area contributed by atoms with Crippen LogP contribution in [0.3, 0.4) is 0 Å². The maximum atomic E-state index is 4.44.